The van der Waals surface area contributed by atoms with Gasteiger partial charge in [0.2, 0.25) is 0 Å². The quantitative estimate of drug-likeness (QED) is 0.698. The largest absolute Gasteiger partial charge is 0.492 e. The lowest BCUT2D eigenvalue weighted by Crippen LogP contribution is -1.98. The molecule has 0 N–H and O–H groups in total. The van der Waals surface area contributed by atoms with Crippen LogP contribution in [0.3, 0.4) is 0 Å². The van der Waals surface area contributed by atoms with E-state index in [-0.39, 0.29) is 0 Å². The minimum Gasteiger partial charge on any atom is -0.492 e. The van der Waals surface area contributed by atoms with E-state index in [0.717, 1.165) is 17.7 Å². The Balaban J connectivity index is 2.87. The Kier molecular flexibility index (Phi) is 4.40. The van der Waals surface area contributed by atoms with E-state index in [1.165, 1.54) is 0 Å². The summed E-state index contributed by atoms with van der Waals surface area (Å²) in [6, 6.07) is 5.60. The summed E-state index contributed by atoms with van der Waals surface area (Å²) >= 11 is 11.7. The van der Waals surface area contributed by atoms with Gasteiger partial charge in [-0.2, -0.15) is 0 Å². The van der Waals surface area contributed by atoms with Crippen LogP contribution in [0, 0.1) is 0 Å². The second-order valence-electron chi connectivity index (χ2n) is 2.71. The molecule has 0 aliphatic heterocycles. The van der Waals surface area contributed by atoms with Crippen molar-refractivity contribution in [2.24, 2.45) is 0 Å². The van der Waals surface area contributed by atoms with Crippen LogP contribution in [0.1, 0.15) is 18.9 Å². The van der Waals surface area contributed by atoms with Crippen LogP contribution in [-0.4, -0.2) is 6.61 Å². The van der Waals surface area contributed by atoms with Crippen molar-refractivity contribution in [2.45, 2.75) is 19.2 Å². The smallest absolute Gasteiger partial charge is 0.142 e. The molecule has 0 aliphatic rings. The minimum absolute atomic E-state index is 0.430. The van der Waals surface area contributed by atoms with Gasteiger partial charge in [0, 0.05) is 5.56 Å². The fraction of sp³-hybridized carbons (Fsp3) is 0.400. The highest BCUT2D eigenvalue weighted by Crippen LogP contribution is 2.29. The van der Waals surface area contributed by atoms with E-state index in [9.17, 15) is 0 Å². The summed E-state index contributed by atoms with van der Waals surface area (Å²) in [5.41, 5.74) is 0.947. The zero-order valence-corrected chi connectivity index (χ0v) is 9.03. The molecule has 1 aromatic carbocycles. The number of rotatable bonds is 4. The standard InChI is InChI=1S/C10H12Cl2O/c1-2-6-13-10-8(7-11)4-3-5-9(10)12/h3-5H,2,6-7H2,1H3. The molecule has 0 radical (unpaired) electrons. The maximum absolute atomic E-state index is 5.96. The van der Waals surface area contributed by atoms with Crippen LogP contribution in [0.4, 0.5) is 0 Å². The lowest BCUT2D eigenvalue weighted by Gasteiger charge is -2.10. The van der Waals surface area contributed by atoms with E-state index in [1.807, 2.05) is 18.2 Å². The molecule has 0 unspecified atom stereocenters. The summed E-state index contributed by atoms with van der Waals surface area (Å²) in [6.07, 6.45) is 0.965. The van der Waals surface area contributed by atoms with Crippen molar-refractivity contribution in [1.82, 2.24) is 0 Å². The topological polar surface area (TPSA) is 9.23 Å². The molecule has 0 saturated heterocycles. The highest BCUT2D eigenvalue weighted by atomic mass is 35.5. The molecule has 0 spiro atoms. The Morgan fingerprint density at radius 2 is 2.15 bits per heavy atom. The van der Waals surface area contributed by atoms with Crippen molar-refractivity contribution >= 4 is 23.2 Å². The first-order valence-corrected chi connectivity index (χ1v) is 5.17. The van der Waals surface area contributed by atoms with Gasteiger partial charge in [-0.05, 0) is 12.5 Å². The molecular formula is C10H12Cl2O. The van der Waals surface area contributed by atoms with E-state index < -0.39 is 0 Å². The van der Waals surface area contributed by atoms with Gasteiger partial charge in [0.15, 0.2) is 0 Å². The van der Waals surface area contributed by atoms with Crippen LogP contribution < -0.4 is 4.74 Å². The normalized spacial score (nSPS) is 10.1. The maximum Gasteiger partial charge on any atom is 0.142 e. The van der Waals surface area contributed by atoms with Gasteiger partial charge < -0.3 is 4.74 Å². The Morgan fingerprint density at radius 1 is 1.38 bits per heavy atom. The highest BCUT2D eigenvalue weighted by molar-refractivity contribution is 6.32. The number of ether oxygens (including phenoxy) is 1. The van der Waals surface area contributed by atoms with E-state index in [0.29, 0.717) is 17.5 Å². The first-order valence-electron chi connectivity index (χ1n) is 4.25. The van der Waals surface area contributed by atoms with Crippen LogP contribution in [-0.2, 0) is 5.88 Å². The molecule has 0 saturated carbocycles. The Morgan fingerprint density at radius 3 is 2.77 bits per heavy atom. The number of benzene rings is 1. The van der Waals surface area contributed by atoms with Gasteiger partial charge in [0.05, 0.1) is 17.5 Å². The average Bonchev–Trinajstić information content (AvgIpc) is 2.15. The van der Waals surface area contributed by atoms with Crippen LogP contribution >= 0.6 is 23.2 Å². The molecule has 1 rings (SSSR count). The molecule has 0 atom stereocenters. The van der Waals surface area contributed by atoms with E-state index in [4.69, 9.17) is 27.9 Å². The van der Waals surface area contributed by atoms with Crippen LogP contribution in [0.5, 0.6) is 5.75 Å². The summed E-state index contributed by atoms with van der Waals surface area (Å²) in [7, 11) is 0. The molecule has 13 heavy (non-hydrogen) atoms. The number of hydrogen-bond acceptors (Lipinski definition) is 1. The highest BCUT2D eigenvalue weighted by Gasteiger charge is 2.06. The summed E-state index contributed by atoms with van der Waals surface area (Å²) in [6.45, 7) is 2.73. The van der Waals surface area contributed by atoms with Crippen LogP contribution in [0.2, 0.25) is 5.02 Å². The molecular weight excluding hydrogens is 207 g/mol. The van der Waals surface area contributed by atoms with Gasteiger partial charge in [-0.25, -0.2) is 0 Å². The zero-order chi connectivity index (χ0) is 9.68. The average molecular weight is 219 g/mol. The van der Waals surface area contributed by atoms with Crippen molar-refractivity contribution < 1.29 is 4.74 Å². The molecule has 72 valence electrons. The molecule has 0 aliphatic carbocycles. The third kappa shape index (κ3) is 2.78. The van der Waals surface area contributed by atoms with Gasteiger partial charge in [0.25, 0.3) is 0 Å². The predicted molar refractivity (Wildman–Crippen MR) is 56.8 cm³/mol. The van der Waals surface area contributed by atoms with Crippen molar-refractivity contribution in [2.75, 3.05) is 6.61 Å². The summed E-state index contributed by atoms with van der Waals surface area (Å²) in [5.74, 6) is 1.15. The summed E-state index contributed by atoms with van der Waals surface area (Å²) < 4.78 is 5.49. The second-order valence-corrected chi connectivity index (χ2v) is 3.38. The Labute approximate surface area is 88.6 Å². The molecule has 0 fully saturated rings. The third-order valence-corrected chi connectivity index (χ3v) is 2.23. The van der Waals surface area contributed by atoms with E-state index in [1.54, 1.807) is 0 Å². The van der Waals surface area contributed by atoms with Gasteiger partial charge >= 0.3 is 0 Å². The van der Waals surface area contributed by atoms with Gasteiger partial charge in [-0.1, -0.05) is 30.7 Å². The first-order chi connectivity index (χ1) is 6.29. The third-order valence-electron chi connectivity index (χ3n) is 1.64. The monoisotopic (exact) mass is 218 g/mol. The van der Waals surface area contributed by atoms with E-state index >= 15 is 0 Å². The summed E-state index contributed by atoms with van der Waals surface area (Å²) in [5, 5.41) is 0.631. The van der Waals surface area contributed by atoms with Crippen molar-refractivity contribution in [3.05, 3.63) is 28.8 Å². The lowest BCUT2D eigenvalue weighted by molar-refractivity contribution is 0.315. The Hall–Kier alpha value is -0.400. The maximum atomic E-state index is 5.96. The lowest BCUT2D eigenvalue weighted by atomic mass is 10.2. The summed E-state index contributed by atoms with van der Waals surface area (Å²) in [4.78, 5) is 0. The Bertz CT molecular complexity index is 274. The van der Waals surface area contributed by atoms with Crippen LogP contribution in [0.15, 0.2) is 18.2 Å². The number of para-hydroxylation sites is 1. The van der Waals surface area contributed by atoms with Crippen LogP contribution in [0.25, 0.3) is 0 Å². The molecule has 1 nitrogen and oxygen atoms in total. The zero-order valence-electron chi connectivity index (χ0n) is 7.52. The van der Waals surface area contributed by atoms with Crippen molar-refractivity contribution in [3.8, 4) is 5.75 Å². The fourth-order valence-electron chi connectivity index (χ4n) is 1.02. The number of halogens is 2. The molecule has 0 aromatic heterocycles. The second kappa shape index (κ2) is 5.36. The predicted octanol–water partition coefficient (Wildman–Crippen LogP) is 3.87. The van der Waals surface area contributed by atoms with Crippen molar-refractivity contribution in [3.63, 3.8) is 0 Å². The molecule has 3 heteroatoms. The fourth-order valence-corrected chi connectivity index (χ4v) is 1.48. The molecule has 0 heterocycles. The first kappa shape index (κ1) is 10.7. The SMILES string of the molecule is CCCOc1c(Cl)cccc1CCl. The van der Waals surface area contributed by atoms with Crippen molar-refractivity contribution in [1.29, 1.82) is 0 Å². The molecule has 0 bridgehead atoms. The number of hydrogen-bond donors (Lipinski definition) is 0. The van der Waals surface area contributed by atoms with Gasteiger partial charge in [-0.3, -0.25) is 0 Å². The van der Waals surface area contributed by atoms with E-state index in [2.05, 4.69) is 6.92 Å². The van der Waals surface area contributed by atoms with Gasteiger partial charge in [-0.15, -0.1) is 11.6 Å². The minimum atomic E-state index is 0.430. The molecule has 1 aromatic rings. The molecule has 0 amide bonds. The van der Waals surface area contributed by atoms with Gasteiger partial charge in [0.1, 0.15) is 5.75 Å². The number of alkyl halides is 1.